The second-order valence-electron chi connectivity index (χ2n) is 4.20. The van der Waals surface area contributed by atoms with Gasteiger partial charge < -0.3 is 4.90 Å². The van der Waals surface area contributed by atoms with Crippen LogP contribution in [0.15, 0.2) is 54.6 Å². The van der Waals surface area contributed by atoms with E-state index in [-0.39, 0.29) is 0 Å². The fourth-order valence-electron chi connectivity index (χ4n) is 2.28. The van der Waals surface area contributed by atoms with Crippen molar-refractivity contribution in [2.24, 2.45) is 0 Å². The first-order valence-electron chi connectivity index (χ1n) is 5.81. The van der Waals surface area contributed by atoms with Crippen LogP contribution in [0.5, 0.6) is 0 Å². The van der Waals surface area contributed by atoms with E-state index in [4.69, 9.17) is 12.2 Å². The molecule has 0 aliphatic carbocycles. The Labute approximate surface area is 107 Å². The Morgan fingerprint density at radius 1 is 0.882 bits per heavy atom. The molecule has 1 nitrogen and oxygen atoms in total. The number of anilines is 1. The van der Waals surface area contributed by atoms with Crippen LogP contribution in [0.1, 0.15) is 11.1 Å². The monoisotopic (exact) mass is 239 g/mol. The van der Waals surface area contributed by atoms with Crippen LogP contribution >= 0.6 is 12.2 Å². The summed E-state index contributed by atoms with van der Waals surface area (Å²) in [4.78, 5) is 3.16. The maximum Gasteiger partial charge on any atom is 0.113 e. The van der Waals surface area contributed by atoms with Gasteiger partial charge in [0.25, 0.3) is 0 Å². The summed E-state index contributed by atoms with van der Waals surface area (Å²) in [6.45, 7) is 0.972. The van der Waals surface area contributed by atoms with E-state index in [0.717, 1.165) is 18.0 Å². The van der Waals surface area contributed by atoms with Gasteiger partial charge in [0.15, 0.2) is 0 Å². The molecule has 0 fully saturated rings. The van der Waals surface area contributed by atoms with Crippen molar-refractivity contribution in [3.63, 3.8) is 0 Å². The molecule has 0 aromatic heterocycles. The Bertz CT molecular complexity index is 548. The molecule has 1 aliphatic heterocycles. The minimum absolute atomic E-state index is 0.943. The average Bonchev–Trinajstić information content (AvgIpc) is 2.40. The first-order chi connectivity index (χ1) is 8.36. The van der Waals surface area contributed by atoms with Gasteiger partial charge >= 0.3 is 0 Å². The smallest absolute Gasteiger partial charge is 0.113 e. The average molecular weight is 239 g/mol. The van der Waals surface area contributed by atoms with Crippen LogP contribution in [0.3, 0.4) is 0 Å². The van der Waals surface area contributed by atoms with E-state index in [1.165, 1.54) is 16.8 Å². The number of thiocarbonyl (C=S) groups is 1. The first-order valence-corrected chi connectivity index (χ1v) is 6.22. The highest BCUT2D eigenvalue weighted by molar-refractivity contribution is 7.81. The summed E-state index contributed by atoms with van der Waals surface area (Å²) in [7, 11) is 0. The number of rotatable bonds is 1. The van der Waals surface area contributed by atoms with Crippen molar-refractivity contribution < 1.29 is 0 Å². The van der Waals surface area contributed by atoms with Gasteiger partial charge in [0, 0.05) is 17.8 Å². The third kappa shape index (κ3) is 1.85. The fraction of sp³-hybridized carbons (Fsp3) is 0.133. The molecule has 0 atom stereocenters. The van der Waals surface area contributed by atoms with Crippen molar-refractivity contribution in [3.05, 3.63) is 65.7 Å². The lowest BCUT2D eigenvalue weighted by atomic mass is 9.99. The number of fused-ring (bicyclic) bond motifs is 1. The van der Waals surface area contributed by atoms with Crippen LogP contribution in [-0.4, -0.2) is 11.5 Å². The maximum atomic E-state index is 5.59. The topological polar surface area (TPSA) is 3.24 Å². The summed E-state index contributed by atoms with van der Waals surface area (Å²) in [6, 6.07) is 18.8. The lowest BCUT2D eigenvalue weighted by molar-refractivity contribution is 0.913. The van der Waals surface area contributed by atoms with E-state index in [1.807, 2.05) is 6.07 Å². The summed E-state index contributed by atoms with van der Waals surface area (Å²) in [5.74, 6) is 0. The fourth-order valence-corrected chi connectivity index (χ4v) is 2.68. The SMILES string of the molecule is S=C1c2ccccc2CCN1c1ccccc1. The molecule has 17 heavy (non-hydrogen) atoms. The highest BCUT2D eigenvalue weighted by Gasteiger charge is 2.21. The highest BCUT2D eigenvalue weighted by Crippen LogP contribution is 2.24. The van der Waals surface area contributed by atoms with Crippen LogP contribution < -0.4 is 4.90 Å². The molecule has 0 N–H and O–H groups in total. The zero-order valence-electron chi connectivity index (χ0n) is 9.47. The van der Waals surface area contributed by atoms with Crippen molar-refractivity contribution in [1.82, 2.24) is 0 Å². The molecule has 84 valence electrons. The molecule has 0 spiro atoms. The van der Waals surface area contributed by atoms with E-state index in [9.17, 15) is 0 Å². The molecule has 0 saturated carbocycles. The van der Waals surface area contributed by atoms with Gasteiger partial charge in [-0.1, -0.05) is 54.7 Å². The highest BCUT2D eigenvalue weighted by atomic mass is 32.1. The third-order valence-corrected chi connectivity index (χ3v) is 3.61. The molecule has 0 radical (unpaired) electrons. The molecule has 2 aromatic carbocycles. The summed E-state index contributed by atoms with van der Waals surface area (Å²) >= 11 is 5.59. The van der Waals surface area contributed by atoms with Crippen LogP contribution in [0.25, 0.3) is 0 Å². The number of para-hydroxylation sites is 1. The van der Waals surface area contributed by atoms with E-state index < -0.39 is 0 Å². The summed E-state index contributed by atoms with van der Waals surface area (Å²) in [5.41, 5.74) is 3.76. The van der Waals surface area contributed by atoms with Gasteiger partial charge in [-0.15, -0.1) is 0 Å². The number of hydrogen-bond donors (Lipinski definition) is 0. The molecule has 3 rings (SSSR count). The van der Waals surface area contributed by atoms with Gasteiger partial charge in [-0.2, -0.15) is 0 Å². The summed E-state index contributed by atoms with van der Waals surface area (Å²) in [6.07, 6.45) is 1.06. The minimum Gasteiger partial charge on any atom is -0.332 e. The van der Waals surface area contributed by atoms with Gasteiger partial charge in [-0.3, -0.25) is 0 Å². The molecule has 1 heterocycles. The Morgan fingerprint density at radius 2 is 1.59 bits per heavy atom. The number of hydrogen-bond acceptors (Lipinski definition) is 1. The molecule has 2 aromatic rings. The van der Waals surface area contributed by atoms with E-state index in [0.29, 0.717) is 0 Å². The third-order valence-electron chi connectivity index (χ3n) is 3.17. The number of benzene rings is 2. The predicted molar refractivity (Wildman–Crippen MR) is 75.6 cm³/mol. The van der Waals surface area contributed by atoms with Gasteiger partial charge in [-0.05, 0) is 24.1 Å². The van der Waals surface area contributed by atoms with Crippen molar-refractivity contribution in [1.29, 1.82) is 0 Å². The lowest BCUT2D eigenvalue weighted by Crippen LogP contribution is -2.36. The Hall–Kier alpha value is -1.67. The predicted octanol–water partition coefficient (Wildman–Crippen LogP) is 3.42. The van der Waals surface area contributed by atoms with Crippen LogP contribution in [0, 0.1) is 0 Å². The van der Waals surface area contributed by atoms with Crippen LogP contribution in [0.4, 0.5) is 5.69 Å². The van der Waals surface area contributed by atoms with Crippen molar-refractivity contribution in [2.75, 3.05) is 11.4 Å². The van der Waals surface area contributed by atoms with Crippen LogP contribution in [-0.2, 0) is 6.42 Å². The van der Waals surface area contributed by atoms with E-state index >= 15 is 0 Å². The molecular formula is C15H13NS. The van der Waals surface area contributed by atoms with Gasteiger partial charge in [0.2, 0.25) is 0 Å². The first kappa shape index (κ1) is 10.5. The Kier molecular flexibility index (Phi) is 2.65. The quantitative estimate of drug-likeness (QED) is 0.701. The van der Waals surface area contributed by atoms with Crippen molar-refractivity contribution in [2.45, 2.75) is 6.42 Å². The van der Waals surface area contributed by atoms with Crippen molar-refractivity contribution >= 4 is 22.9 Å². The second kappa shape index (κ2) is 4.30. The number of nitrogens with zero attached hydrogens (tertiary/aromatic N) is 1. The summed E-state index contributed by atoms with van der Waals surface area (Å²) < 4.78 is 0. The molecule has 0 amide bonds. The lowest BCUT2D eigenvalue weighted by Gasteiger charge is -2.31. The zero-order valence-corrected chi connectivity index (χ0v) is 10.3. The standard InChI is InChI=1S/C15H13NS/c17-15-14-9-5-4-6-12(14)10-11-16(15)13-7-2-1-3-8-13/h1-9H,10-11H2. The second-order valence-corrected chi connectivity index (χ2v) is 4.59. The normalized spacial score (nSPS) is 14.6. The van der Waals surface area contributed by atoms with Gasteiger partial charge in [0.05, 0.1) is 0 Å². The Balaban J connectivity index is 2.00. The van der Waals surface area contributed by atoms with Gasteiger partial charge in [-0.25, -0.2) is 0 Å². The molecule has 0 bridgehead atoms. The minimum atomic E-state index is 0.943. The van der Waals surface area contributed by atoms with E-state index in [1.54, 1.807) is 0 Å². The molecule has 1 aliphatic rings. The van der Waals surface area contributed by atoms with Gasteiger partial charge in [0.1, 0.15) is 4.99 Å². The maximum absolute atomic E-state index is 5.59. The van der Waals surface area contributed by atoms with E-state index in [2.05, 4.69) is 53.4 Å². The zero-order chi connectivity index (χ0) is 11.7. The Morgan fingerprint density at radius 3 is 2.41 bits per heavy atom. The summed E-state index contributed by atoms with van der Waals surface area (Å²) in [5, 5.41) is 0. The van der Waals surface area contributed by atoms with Crippen LogP contribution in [0.2, 0.25) is 0 Å². The largest absolute Gasteiger partial charge is 0.332 e. The molecule has 2 heteroatoms. The van der Waals surface area contributed by atoms with Crippen molar-refractivity contribution in [3.8, 4) is 0 Å². The molecule has 0 saturated heterocycles. The molecular weight excluding hydrogens is 226 g/mol. The molecule has 0 unspecified atom stereocenters.